The summed E-state index contributed by atoms with van der Waals surface area (Å²) >= 11 is 0.595. The normalized spacial score (nSPS) is 15.8. The standard InChI is InChI=1S/C19H13F3N2O4S/c20-19(21,22)13-6-1-2-7-14(13)23-16(26)10-24-17(27)15(29-18(24)28)9-11-4-3-5-12(25)8-11/h1-9,25H,10H2,(H,23,26)/b15-9-. The molecule has 3 rings (SSSR count). The molecule has 0 unspecified atom stereocenters. The van der Waals surface area contributed by atoms with E-state index in [0.29, 0.717) is 22.2 Å². The number of nitrogens with zero attached hydrogens (tertiary/aromatic N) is 1. The molecule has 0 aromatic heterocycles. The fourth-order valence-electron chi connectivity index (χ4n) is 2.57. The van der Waals surface area contributed by atoms with Crippen LogP contribution in [-0.2, 0) is 15.8 Å². The van der Waals surface area contributed by atoms with Crippen molar-refractivity contribution < 1.29 is 32.7 Å². The maximum absolute atomic E-state index is 13.0. The number of carbonyl (C=O) groups is 3. The molecule has 1 aliphatic rings. The van der Waals surface area contributed by atoms with Crippen molar-refractivity contribution in [2.24, 2.45) is 0 Å². The van der Waals surface area contributed by atoms with Crippen molar-refractivity contribution >= 4 is 40.6 Å². The predicted octanol–water partition coefficient (Wildman–Crippen LogP) is 4.09. The minimum Gasteiger partial charge on any atom is -0.508 e. The molecule has 0 bridgehead atoms. The summed E-state index contributed by atoms with van der Waals surface area (Å²) in [5, 5.41) is 10.8. The summed E-state index contributed by atoms with van der Waals surface area (Å²) in [6.45, 7) is -0.728. The van der Waals surface area contributed by atoms with Crippen LogP contribution in [0.5, 0.6) is 5.75 Å². The van der Waals surface area contributed by atoms with E-state index in [-0.39, 0.29) is 10.7 Å². The van der Waals surface area contributed by atoms with E-state index in [1.54, 1.807) is 12.1 Å². The summed E-state index contributed by atoms with van der Waals surface area (Å²) in [5.74, 6) is -1.72. The third-order valence-electron chi connectivity index (χ3n) is 3.85. The lowest BCUT2D eigenvalue weighted by atomic mass is 10.1. The number of phenolic OH excluding ortho intramolecular Hbond substituents is 1. The van der Waals surface area contributed by atoms with E-state index < -0.39 is 41.0 Å². The molecule has 3 amide bonds. The molecule has 2 aromatic rings. The molecule has 1 saturated heterocycles. The molecule has 1 fully saturated rings. The number of alkyl halides is 3. The molecule has 29 heavy (non-hydrogen) atoms. The summed E-state index contributed by atoms with van der Waals surface area (Å²) in [7, 11) is 0. The maximum Gasteiger partial charge on any atom is 0.418 e. The second kappa shape index (κ2) is 8.00. The Morgan fingerprint density at radius 3 is 2.55 bits per heavy atom. The van der Waals surface area contributed by atoms with Crippen LogP contribution in [0, 0.1) is 0 Å². The van der Waals surface area contributed by atoms with Gasteiger partial charge in [-0.15, -0.1) is 0 Å². The molecule has 0 saturated carbocycles. The Labute approximate surface area is 167 Å². The number of phenols is 1. The van der Waals surface area contributed by atoms with Crippen LogP contribution in [0.4, 0.5) is 23.7 Å². The monoisotopic (exact) mass is 422 g/mol. The van der Waals surface area contributed by atoms with Gasteiger partial charge in [0.2, 0.25) is 5.91 Å². The Kier molecular flexibility index (Phi) is 5.64. The van der Waals surface area contributed by atoms with Gasteiger partial charge < -0.3 is 10.4 Å². The first-order valence-electron chi connectivity index (χ1n) is 8.15. The summed E-state index contributed by atoms with van der Waals surface area (Å²) in [5.41, 5.74) is -1.03. The molecule has 1 heterocycles. The number of carbonyl (C=O) groups excluding carboxylic acids is 3. The topological polar surface area (TPSA) is 86.7 Å². The van der Waals surface area contributed by atoms with Crippen molar-refractivity contribution in [2.75, 3.05) is 11.9 Å². The SMILES string of the molecule is O=C(CN1C(=O)S/C(=C\c2cccc(O)c2)C1=O)Nc1ccccc1C(F)(F)F. The number of halogens is 3. The maximum atomic E-state index is 13.0. The van der Waals surface area contributed by atoms with Crippen LogP contribution >= 0.6 is 11.8 Å². The highest BCUT2D eigenvalue weighted by Gasteiger charge is 2.37. The molecule has 0 atom stereocenters. The van der Waals surface area contributed by atoms with Gasteiger partial charge in [-0.05, 0) is 47.7 Å². The number of thioether (sulfide) groups is 1. The lowest BCUT2D eigenvalue weighted by Crippen LogP contribution is -2.36. The number of nitrogens with one attached hydrogen (secondary N) is 1. The van der Waals surface area contributed by atoms with Crippen LogP contribution in [-0.4, -0.2) is 33.6 Å². The van der Waals surface area contributed by atoms with Crippen LogP contribution in [0.25, 0.3) is 6.08 Å². The molecule has 0 spiro atoms. The average Bonchev–Trinajstić information content (AvgIpc) is 2.89. The second-order valence-electron chi connectivity index (χ2n) is 5.95. The second-order valence-corrected chi connectivity index (χ2v) is 6.95. The van der Waals surface area contributed by atoms with Gasteiger partial charge in [-0.2, -0.15) is 13.2 Å². The van der Waals surface area contributed by atoms with Gasteiger partial charge in [0, 0.05) is 0 Å². The minimum atomic E-state index is -4.67. The van der Waals surface area contributed by atoms with Gasteiger partial charge in [0.25, 0.3) is 11.1 Å². The summed E-state index contributed by atoms with van der Waals surface area (Å²) in [6.07, 6.45) is -3.29. The first-order valence-corrected chi connectivity index (χ1v) is 8.97. The van der Waals surface area contributed by atoms with Gasteiger partial charge in [-0.25, -0.2) is 0 Å². The first-order chi connectivity index (χ1) is 13.6. The van der Waals surface area contributed by atoms with E-state index in [1.807, 2.05) is 0 Å². The third-order valence-corrected chi connectivity index (χ3v) is 4.76. The summed E-state index contributed by atoms with van der Waals surface area (Å²) in [6, 6.07) is 10.4. The number of para-hydroxylation sites is 1. The molecular formula is C19H13F3N2O4S. The van der Waals surface area contributed by atoms with Gasteiger partial charge in [-0.3, -0.25) is 19.3 Å². The Bertz CT molecular complexity index is 1020. The number of amides is 3. The Morgan fingerprint density at radius 2 is 1.86 bits per heavy atom. The number of anilines is 1. The van der Waals surface area contributed by atoms with E-state index >= 15 is 0 Å². The molecule has 2 N–H and O–H groups in total. The van der Waals surface area contributed by atoms with Gasteiger partial charge >= 0.3 is 6.18 Å². The van der Waals surface area contributed by atoms with Crippen molar-refractivity contribution in [3.63, 3.8) is 0 Å². The predicted molar refractivity (Wildman–Crippen MR) is 101 cm³/mol. The third kappa shape index (κ3) is 4.77. The number of aromatic hydroxyl groups is 1. The molecule has 6 nitrogen and oxygen atoms in total. The van der Waals surface area contributed by atoms with Crippen molar-refractivity contribution in [1.82, 2.24) is 4.90 Å². The van der Waals surface area contributed by atoms with Crippen LogP contribution < -0.4 is 5.32 Å². The summed E-state index contributed by atoms with van der Waals surface area (Å²) in [4.78, 5) is 37.3. The van der Waals surface area contributed by atoms with E-state index in [2.05, 4.69) is 5.32 Å². The zero-order chi connectivity index (χ0) is 21.2. The van der Waals surface area contributed by atoms with Crippen molar-refractivity contribution in [3.05, 3.63) is 64.6 Å². The number of hydrogen-bond donors (Lipinski definition) is 2. The smallest absolute Gasteiger partial charge is 0.418 e. The van der Waals surface area contributed by atoms with Crippen molar-refractivity contribution in [2.45, 2.75) is 6.18 Å². The quantitative estimate of drug-likeness (QED) is 0.725. The van der Waals surface area contributed by atoms with E-state index in [9.17, 15) is 32.7 Å². The molecule has 2 aromatic carbocycles. The zero-order valence-electron chi connectivity index (χ0n) is 14.6. The Balaban J connectivity index is 1.73. The fourth-order valence-corrected chi connectivity index (χ4v) is 3.41. The van der Waals surface area contributed by atoms with Crippen LogP contribution in [0.3, 0.4) is 0 Å². The highest BCUT2D eigenvalue weighted by molar-refractivity contribution is 8.18. The molecule has 1 aliphatic heterocycles. The number of hydrogen-bond acceptors (Lipinski definition) is 5. The van der Waals surface area contributed by atoms with Crippen LogP contribution in [0.15, 0.2) is 53.4 Å². The fraction of sp³-hybridized carbons (Fsp3) is 0.105. The van der Waals surface area contributed by atoms with Gasteiger partial charge in [0.1, 0.15) is 12.3 Å². The average molecular weight is 422 g/mol. The highest BCUT2D eigenvalue weighted by atomic mass is 32.2. The van der Waals surface area contributed by atoms with E-state index in [1.165, 1.54) is 30.3 Å². The Morgan fingerprint density at radius 1 is 1.14 bits per heavy atom. The lowest BCUT2D eigenvalue weighted by molar-refractivity contribution is -0.137. The van der Waals surface area contributed by atoms with E-state index in [4.69, 9.17) is 0 Å². The van der Waals surface area contributed by atoms with E-state index in [0.717, 1.165) is 12.1 Å². The van der Waals surface area contributed by atoms with Crippen LogP contribution in [0.1, 0.15) is 11.1 Å². The summed E-state index contributed by atoms with van der Waals surface area (Å²) < 4.78 is 39.0. The lowest BCUT2D eigenvalue weighted by Gasteiger charge is -2.15. The molecular weight excluding hydrogens is 409 g/mol. The highest BCUT2D eigenvalue weighted by Crippen LogP contribution is 2.35. The number of imide groups is 1. The van der Waals surface area contributed by atoms with Gasteiger partial charge in [-0.1, -0.05) is 24.3 Å². The van der Waals surface area contributed by atoms with Crippen molar-refractivity contribution in [1.29, 1.82) is 0 Å². The van der Waals surface area contributed by atoms with Gasteiger partial charge in [0.15, 0.2) is 0 Å². The van der Waals surface area contributed by atoms with Crippen molar-refractivity contribution in [3.8, 4) is 5.75 Å². The first kappa shape index (κ1) is 20.5. The molecule has 150 valence electrons. The molecule has 10 heteroatoms. The van der Waals surface area contributed by atoms with Gasteiger partial charge in [0.05, 0.1) is 16.2 Å². The molecule has 0 radical (unpaired) electrons. The Hall–Kier alpha value is -3.27. The number of benzene rings is 2. The molecule has 0 aliphatic carbocycles. The largest absolute Gasteiger partial charge is 0.508 e. The van der Waals surface area contributed by atoms with Crippen LogP contribution in [0.2, 0.25) is 0 Å². The minimum absolute atomic E-state index is 0.0271. The number of rotatable bonds is 4. The zero-order valence-corrected chi connectivity index (χ0v) is 15.4.